The average Bonchev–Trinajstić information content (AvgIpc) is 3.23. The van der Waals surface area contributed by atoms with Crippen LogP contribution in [0.25, 0.3) is 0 Å². The Labute approximate surface area is 222 Å². The zero-order valence-electron chi connectivity index (χ0n) is 19.4. The minimum absolute atomic E-state index is 0.161. The number of nitrogens with zero attached hydrogens (tertiary/aromatic N) is 2. The van der Waals surface area contributed by atoms with Crippen molar-refractivity contribution in [3.05, 3.63) is 87.6 Å². The van der Waals surface area contributed by atoms with E-state index in [4.69, 9.17) is 28.6 Å². The van der Waals surface area contributed by atoms with Gasteiger partial charge in [0.1, 0.15) is 11.9 Å². The molecule has 1 saturated heterocycles. The summed E-state index contributed by atoms with van der Waals surface area (Å²) in [5.41, 5.74) is 9.49. The molecule has 2 aromatic heterocycles. The number of hydrogen-bond acceptors (Lipinski definition) is 7. The summed E-state index contributed by atoms with van der Waals surface area (Å²) in [6, 6.07) is 8.86. The number of rotatable bonds is 5. The van der Waals surface area contributed by atoms with Crippen molar-refractivity contribution in [3.8, 4) is 0 Å². The first-order valence-corrected chi connectivity index (χ1v) is 12.4. The minimum atomic E-state index is -0.683. The van der Waals surface area contributed by atoms with Crippen LogP contribution in [0.4, 0.5) is 10.2 Å². The molecule has 1 aliphatic carbocycles. The van der Waals surface area contributed by atoms with Gasteiger partial charge >= 0.3 is 5.97 Å². The number of aryl methyl sites for hydroxylation is 2. The Balaban J connectivity index is 1.27. The van der Waals surface area contributed by atoms with Crippen LogP contribution in [0.15, 0.2) is 48.8 Å². The molecule has 1 aromatic carbocycles. The second kappa shape index (κ2) is 10.7. The molecule has 1 aliphatic heterocycles. The van der Waals surface area contributed by atoms with Gasteiger partial charge in [-0.1, -0.05) is 23.7 Å². The van der Waals surface area contributed by atoms with Crippen LogP contribution in [0, 0.1) is 5.82 Å². The molecular formula is C25H22ClFN6O3S. The van der Waals surface area contributed by atoms with Crippen LogP contribution in [0.2, 0.25) is 5.02 Å². The van der Waals surface area contributed by atoms with E-state index in [9.17, 15) is 14.0 Å². The Hall–Kier alpha value is -3.83. The maximum absolute atomic E-state index is 14.2. The van der Waals surface area contributed by atoms with Gasteiger partial charge in [-0.2, -0.15) is 0 Å². The van der Waals surface area contributed by atoms with Crippen LogP contribution in [0.3, 0.4) is 0 Å². The number of nitrogens with one attached hydrogen (secondary N) is 4. The smallest absolute Gasteiger partial charge is 0.328 e. The van der Waals surface area contributed by atoms with Crippen molar-refractivity contribution in [2.24, 2.45) is 0 Å². The number of carbonyl (C=O) groups excluding carboxylic acids is 2. The monoisotopic (exact) mass is 540 g/mol. The van der Waals surface area contributed by atoms with Crippen molar-refractivity contribution in [1.82, 2.24) is 26.0 Å². The van der Waals surface area contributed by atoms with E-state index in [0.717, 1.165) is 35.2 Å². The lowest BCUT2D eigenvalue weighted by Crippen LogP contribution is -2.41. The van der Waals surface area contributed by atoms with E-state index >= 15 is 0 Å². The van der Waals surface area contributed by atoms with E-state index in [1.54, 1.807) is 12.3 Å². The van der Waals surface area contributed by atoms with E-state index < -0.39 is 24.0 Å². The fourth-order valence-corrected chi connectivity index (χ4v) is 4.75. The summed E-state index contributed by atoms with van der Waals surface area (Å²) in [5, 5.41) is 6.22. The molecule has 2 aliphatic rings. The van der Waals surface area contributed by atoms with E-state index in [1.807, 2.05) is 12.1 Å². The van der Waals surface area contributed by atoms with Crippen molar-refractivity contribution >= 4 is 46.6 Å². The summed E-state index contributed by atoms with van der Waals surface area (Å²) in [6.45, 7) is 0.273. The number of ether oxygens (including phenoxy) is 1. The molecule has 0 spiro atoms. The lowest BCUT2D eigenvalue weighted by molar-refractivity contribution is -0.139. The third-order valence-electron chi connectivity index (χ3n) is 6.20. The van der Waals surface area contributed by atoms with Crippen LogP contribution in [-0.4, -0.2) is 39.6 Å². The Morgan fingerprint density at radius 3 is 2.78 bits per heavy atom. The van der Waals surface area contributed by atoms with Crippen molar-refractivity contribution in [2.45, 2.75) is 31.3 Å². The van der Waals surface area contributed by atoms with Gasteiger partial charge in [-0.3, -0.25) is 20.6 Å². The summed E-state index contributed by atoms with van der Waals surface area (Å²) in [5.74, 6) is -1.05. The number of esters is 1. The second-order valence-electron chi connectivity index (χ2n) is 8.58. The molecule has 9 nitrogen and oxygen atoms in total. The molecule has 1 fully saturated rings. The molecule has 5 rings (SSSR count). The lowest BCUT2D eigenvalue weighted by Gasteiger charge is -2.23. The summed E-state index contributed by atoms with van der Waals surface area (Å²) in [6.07, 6.45) is 4.94. The Morgan fingerprint density at radius 1 is 1.14 bits per heavy atom. The number of aromatic nitrogens is 2. The van der Waals surface area contributed by atoms with Crippen LogP contribution in [0.5, 0.6) is 0 Å². The number of thiocarbonyl (C=S) groups is 1. The minimum Gasteiger partial charge on any atom is -0.464 e. The largest absolute Gasteiger partial charge is 0.464 e. The van der Waals surface area contributed by atoms with E-state index in [0.29, 0.717) is 6.42 Å². The fourth-order valence-electron chi connectivity index (χ4n) is 4.37. The van der Waals surface area contributed by atoms with Crippen molar-refractivity contribution in [2.75, 3.05) is 12.0 Å². The number of carbonyl (C=O) groups is 2. The number of benzene rings is 1. The van der Waals surface area contributed by atoms with Gasteiger partial charge < -0.3 is 15.4 Å². The molecule has 0 bridgehead atoms. The number of amides is 1. The molecule has 0 saturated carbocycles. The zero-order chi connectivity index (χ0) is 25.9. The van der Waals surface area contributed by atoms with Crippen molar-refractivity contribution in [3.63, 3.8) is 0 Å². The molecule has 1 amide bonds. The van der Waals surface area contributed by atoms with E-state index in [2.05, 4.69) is 31.5 Å². The van der Waals surface area contributed by atoms with Gasteiger partial charge in [0, 0.05) is 30.1 Å². The number of hydrogen-bond donors (Lipinski definition) is 4. The second-order valence-corrected chi connectivity index (χ2v) is 9.39. The summed E-state index contributed by atoms with van der Waals surface area (Å²) < 4.78 is 19.0. The van der Waals surface area contributed by atoms with Crippen molar-refractivity contribution in [1.29, 1.82) is 0 Å². The average molecular weight is 541 g/mol. The van der Waals surface area contributed by atoms with Gasteiger partial charge in [0.2, 0.25) is 0 Å². The highest BCUT2D eigenvalue weighted by molar-refractivity contribution is 7.80. The topological polar surface area (TPSA) is 117 Å². The number of hydrazine groups is 1. The van der Waals surface area contributed by atoms with Crippen LogP contribution in [0.1, 0.15) is 45.2 Å². The molecule has 37 heavy (non-hydrogen) atoms. The van der Waals surface area contributed by atoms with Gasteiger partial charge in [-0.15, -0.1) is 0 Å². The van der Waals surface area contributed by atoms with Gasteiger partial charge in [0.25, 0.3) is 5.91 Å². The zero-order valence-corrected chi connectivity index (χ0v) is 21.0. The molecular weight excluding hydrogens is 519 g/mol. The number of halogens is 2. The number of pyridine rings is 2. The number of anilines is 1. The lowest BCUT2D eigenvalue weighted by atomic mass is 9.96. The first kappa shape index (κ1) is 24.8. The van der Waals surface area contributed by atoms with Crippen LogP contribution < -0.4 is 21.5 Å². The SMILES string of the molecule is O=C(NC1CCOC1=O)c1cnc(NNC(=S)NC2c3cc(F)ccc3CCc3ncccc32)c(Cl)c1. The summed E-state index contributed by atoms with van der Waals surface area (Å²) in [7, 11) is 0. The number of cyclic esters (lactones) is 1. The molecule has 190 valence electrons. The molecule has 2 unspecified atom stereocenters. The van der Waals surface area contributed by atoms with Crippen LogP contribution >= 0.6 is 23.8 Å². The summed E-state index contributed by atoms with van der Waals surface area (Å²) in [4.78, 5) is 32.7. The van der Waals surface area contributed by atoms with Gasteiger partial charge in [0.15, 0.2) is 10.9 Å². The highest BCUT2D eigenvalue weighted by Crippen LogP contribution is 2.32. The first-order valence-electron chi connectivity index (χ1n) is 11.6. The standard InChI is InChI=1S/C25H22ClFN6O3S/c26-18-10-14(23(34)30-20-7-9-36-24(20)35)12-29-22(18)32-33-25(37)31-21-16-2-1-8-28-19(16)6-4-13-3-5-15(27)11-17(13)21/h1-3,5,8,10-12,20-21H,4,6-7,9H2,(H,29,32)(H,30,34)(H2,31,33,37). The van der Waals surface area contributed by atoms with Crippen LogP contribution in [-0.2, 0) is 22.4 Å². The normalized spacial score (nSPS) is 18.1. The van der Waals surface area contributed by atoms with E-state index in [-0.39, 0.29) is 33.9 Å². The molecule has 4 N–H and O–H groups in total. The molecule has 3 aromatic rings. The Bertz CT molecular complexity index is 1390. The summed E-state index contributed by atoms with van der Waals surface area (Å²) >= 11 is 11.8. The predicted octanol–water partition coefficient (Wildman–Crippen LogP) is 2.99. The third-order valence-corrected chi connectivity index (χ3v) is 6.71. The quantitative estimate of drug-likeness (QED) is 0.220. The Morgan fingerprint density at radius 2 is 2.00 bits per heavy atom. The van der Waals surface area contributed by atoms with Gasteiger partial charge in [0.05, 0.1) is 23.2 Å². The maximum Gasteiger partial charge on any atom is 0.328 e. The predicted molar refractivity (Wildman–Crippen MR) is 138 cm³/mol. The first-order chi connectivity index (χ1) is 17.9. The van der Waals surface area contributed by atoms with Gasteiger partial charge in [-0.25, -0.2) is 14.2 Å². The molecule has 2 atom stereocenters. The van der Waals surface area contributed by atoms with Crippen molar-refractivity contribution < 1.29 is 18.7 Å². The highest BCUT2D eigenvalue weighted by atomic mass is 35.5. The molecule has 12 heteroatoms. The third kappa shape index (κ3) is 5.47. The molecule has 0 radical (unpaired) electrons. The maximum atomic E-state index is 14.2. The fraction of sp³-hybridized carbons (Fsp3) is 0.240. The number of fused-ring (bicyclic) bond motifs is 2. The molecule has 3 heterocycles. The Kier molecular flexibility index (Phi) is 7.15. The highest BCUT2D eigenvalue weighted by Gasteiger charge is 2.29. The van der Waals surface area contributed by atoms with E-state index in [1.165, 1.54) is 24.4 Å². The van der Waals surface area contributed by atoms with Gasteiger partial charge in [-0.05, 0) is 60.5 Å².